The van der Waals surface area contributed by atoms with Crippen molar-refractivity contribution in [3.8, 4) is 5.75 Å². The number of esters is 1. The Bertz CT molecular complexity index is 1110. The number of aromatic nitrogens is 1. The van der Waals surface area contributed by atoms with Crippen molar-refractivity contribution in [1.29, 1.82) is 0 Å². The van der Waals surface area contributed by atoms with Crippen LogP contribution in [0, 0.1) is 0 Å². The predicted molar refractivity (Wildman–Crippen MR) is 113 cm³/mol. The first kappa shape index (κ1) is 20.8. The molecule has 1 aromatic heterocycles. The number of thiazole rings is 1. The molecule has 0 radical (unpaired) electrons. The number of nitrogens with zero attached hydrogens (tertiary/aromatic N) is 2. The van der Waals surface area contributed by atoms with Crippen LogP contribution < -0.4 is 9.54 Å². The van der Waals surface area contributed by atoms with Crippen LogP contribution >= 0.6 is 11.3 Å². The van der Waals surface area contributed by atoms with E-state index in [0.29, 0.717) is 28.6 Å². The normalized spacial score (nSPS) is 11.8. The van der Waals surface area contributed by atoms with E-state index in [2.05, 4.69) is 31.0 Å². The molecule has 152 valence electrons. The first-order valence-corrected chi connectivity index (χ1v) is 10.2. The second-order valence-corrected chi connectivity index (χ2v) is 7.87. The van der Waals surface area contributed by atoms with Crippen molar-refractivity contribution >= 4 is 33.4 Å². The van der Waals surface area contributed by atoms with Gasteiger partial charge in [0.25, 0.3) is 5.91 Å². The second-order valence-electron chi connectivity index (χ2n) is 6.86. The number of amides is 1. The third-order valence-electron chi connectivity index (χ3n) is 4.68. The lowest BCUT2D eigenvalue weighted by Crippen LogP contribution is -2.19. The van der Waals surface area contributed by atoms with Crippen molar-refractivity contribution < 1.29 is 19.1 Å². The number of para-hydroxylation sites is 1. The number of benzene rings is 2. The SMILES string of the molecule is COC(=O)CCn1c(=NC(=O)c2ccccc2OC)sc2cc(C(C)C)ccc21. The topological polar surface area (TPSA) is 69.9 Å². The van der Waals surface area contributed by atoms with Crippen LogP contribution in [0.1, 0.15) is 42.1 Å². The summed E-state index contributed by atoms with van der Waals surface area (Å²) in [6.45, 7) is 4.65. The number of rotatable bonds is 6. The zero-order chi connectivity index (χ0) is 21.0. The van der Waals surface area contributed by atoms with Gasteiger partial charge in [-0.25, -0.2) is 0 Å². The van der Waals surface area contributed by atoms with Gasteiger partial charge < -0.3 is 14.0 Å². The Morgan fingerprint density at radius 3 is 2.59 bits per heavy atom. The average molecular weight is 413 g/mol. The van der Waals surface area contributed by atoms with Gasteiger partial charge in [-0.2, -0.15) is 4.99 Å². The van der Waals surface area contributed by atoms with Gasteiger partial charge in [0.1, 0.15) is 5.75 Å². The molecule has 0 saturated heterocycles. The number of hydrogen-bond donors (Lipinski definition) is 0. The molecule has 0 spiro atoms. The van der Waals surface area contributed by atoms with Gasteiger partial charge in [-0.1, -0.05) is 43.4 Å². The minimum Gasteiger partial charge on any atom is -0.496 e. The van der Waals surface area contributed by atoms with E-state index in [0.717, 1.165) is 10.2 Å². The maximum absolute atomic E-state index is 12.8. The van der Waals surface area contributed by atoms with E-state index in [1.807, 2.05) is 10.6 Å². The Hall–Kier alpha value is -2.93. The van der Waals surface area contributed by atoms with E-state index in [1.165, 1.54) is 31.1 Å². The number of fused-ring (bicyclic) bond motifs is 1. The van der Waals surface area contributed by atoms with Gasteiger partial charge in [0.2, 0.25) is 0 Å². The molecular formula is C22H24N2O4S. The van der Waals surface area contributed by atoms with Crippen LogP contribution in [0.5, 0.6) is 5.75 Å². The summed E-state index contributed by atoms with van der Waals surface area (Å²) in [5, 5.41) is 0. The highest BCUT2D eigenvalue weighted by Gasteiger charge is 2.14. The van der Waals surface area contributed by atoms with Gasteiger partial charge in [0.15, 0.2) is 4.80 Å². The lowest BCUT2D eigenvalue weighted by molar-refractivity contribution is -0.140. The molecule has 2 aromatic carbocycles. The molecule has 3 aromatic rings. The number of hydrogen-bond acceptors (Lipinski definition) is 5. The van der Waals surface area contributed by atoms with Gasteiger partial charge >= 0.3 is 5.97 Å². The molecule has 0 fully saturated rings. The summed E-state index contributed by atoms with van der Waals surface area (Å²) in [7, 11) is 2.89. The fourth-order valence-electron chi connectivity index (χ4n) is 3.02. The number of ether oxygens (including phenoxy) is 2. The zero-order valence-electron chi connectivity index (χ0n) is 17.0. The first-order chi connectivity index (χ1) is 13.9. The van der Waals surface area contributed by atoms with Crippen LogP contribution in [0.2, 0.25) is 0 Å². The molecule has 0 bridgehead atoms. The summed E-state index contributed by atoms with van der Waals surface area (Å²) in [5.74, 6) is 0.175. The average Bonchev–Trinajstić information content (AvgIpc) is 3.07. The standard InChI is InChI=1S/C22H24N2O4S/c1-14(2)15-9-10-17-19(13-15)29-22(24(17)12-11-20(25)28-4)23-21(26)16-7-5-6-8-18(16)27-3/h5-10,13-14H,11-12H2,1-4H3. The Morgan fingerprint density at radius 1 is 1.14 bits per heavy atom. The van der Waals surface area contributed by atoms with E-state index < -0.39 is 0 Å². The van der Waals surface area contributed by atoms with Crippen LogP contribution in [-0.4, -0.2) is 30.7 Å². The summed E-state index contributed by atoms with van der Waals surface area (Å²) in [4.78, 5) is 29.4. The number of carbonyl (C=O) groups is 2. The van der Waals surface area contributed by atoms with Crippen molar-refractivity contribution in [3.63, 3.8) is 0 Å². The minimum atomic E-state index is -0.384. The molecule has 0 atom stereocenters. The zero-order valence-corrected chi connectivity index (χ0v) is 17.8. The quantitative estimate of drug-likeness (QED) is 0.571. The molecule has 7 heteroatoms. The molecular weight excluding hydrogens is 388 g/mol. The molecule has 0 N–H and O–H groups in total. The summed E-state index contributed by atoms with van der Waals surface area (Å²) in [5.41, 5.74) is 2.55. The summed E-state index contributed by atoms with van der Waals surface area (Å²) >= 11 is 1.43. The molecule has 1 heterocycles. The fourth-order valence-corrected chi connectivity index (χ4v) is 4.13. The van der Waals surface area contributed by atoms with Gasteiger partial charge in [0.05, 0.1) is 36.4 Å². The molecule has 6 nitrogen and oxygen atoms in total. The molecule has 0 aliphatic rings. The second kappa shape index (κ2) is 9.05. The van der Waals surface area contributed by atoms with Gasteiger partial charge in [-0.3, -0.25) is 9.59 Å². The molecule has 0 unspecified atom stereocenters. The highest BCUT2D eigenvalue weighted by molar-refractivity contribution is 7.16. The summed E-state index contributed by atoms with van der Waals surface area (Å²) in [6, 6.07) is 13.2. The van der Waals surface area contributed by atoms with Gasteiger partial charge in [-0.15, -0.1) is 0 Å². The van der Waals surface area contributed by atoms with Crippen molar-refractivity contribution in [2.45, 2.75) is 32.7 Å². The van der Waals surface area contributed by atoms with Crippen molar-refractivity contribution in [2.75, 3.05) is 14.2 Å². The predicted octanol–water partition coefficient (Wildman–Crippen LogP) is 4.14. The summed E-state index contributed by atoms with van der Waals surface area (Å²) in [6.07, 6.45) is 0.199. The monoisotopic (exact) mass is 412 g/mol. The van der Waals surface area contributed by atoms with Gasteiger partial charge in [-0.05, 0) is 35.7 Å². The Balaban J connectivity index is 2.12. The number of methoxy groups -OCH3 is 2. The van der Waals surface area contributed by atoms with Crippen molar-refractivity contribution in [1.82, 2.24) is 4.57 Å². The molecule has 3 rings (SSSR count). The molecule has 1 amide bonds. The number of carbonyl (C=O) groups excluding carboxylic acids is 2. The third-order valence-corrected chi connectivity index (χ3v) is 5.72. The van der Waals surface area contributed by atoms with Crippen molar-refractivity contribution in [3.05, 3.63) is 58.4 Å². The number of aryl methyl sites for hydroxylation is 1. The van der Waals surface area contributed by atoms with E-state index >= 15 is 0 Å². The van der Waals surface area contributed by atoms with Gasteiger partial charge in [0, 0.05) is 6.54 Å². The fraction of sp³-hybridized carbons (Fsp3) is 0.318. The van der Waals surface area contributed by atoms with Crippen LogP contribution in [0.3, 0.4) is 0 Å². The lowest BCUT2D eigenvalue weighted by atomic mass is 10.0. The largest absolute Gasteiger partial charge is 0.496 e. The Kier molecular flexibility index (Phi) is 6.49. The Labute approximate surface area is 173 Å². The molecule has 29 heavy (non-hydrogen) atoms. The van der Waals surface area contributed by atoms with E-state index in [-0.39, 0.29) is 18.3 Å². The highest BCUT2D eigenvalue weighted by atomic mass is 32.1. The molecule has 0 aliphatic heterocycles. The van der Waals surface area contributed by atoms with E-state index in [9.17, 15) is 9.59 Å². The van der Waals surface area contributed by atoms with E-state index in [4.69, 9.17) is 9.47 Å². The third kappa shape index (κ3) is 4.56. The minimum absolute atomic E-state index is 0.199. The maximum Gasteiger partial charge on any atom is 0.307 e. The molecule has 0 saturated carbocycles. The smallest absolute Gasteiger partial charge is 0.307 e. The maximum atomic E-state index is 12.8. The Morgan fingerprint density at radius 2 is 1.90 bits per heavy atom. The van der Waals surface area contributed by atoms with Crippen molar-refractivity contribution in [2.24, 2.45) is 4.99 Å². The van der Waals surface area contributed by atoms with Crippen LogP contribution in [-0.2, 0) is 16.1 Å². The van der Waals surface area contributed by atoms with Crippen LogP contribution in [0.15, 0.2) is 47.5 Å². The lowest BCUT2D eigenvalue weighted by Gasteiger charge is -2.07. The van der Waals surface area contributed by atoms with Crippen LogP contribution in [0.4, 0.5) is 0 Å². The van der Waals surface area contributed by atoms with Crippen LogP contribution in [0.25, 0.3) is 10.2 Å². The van der Waals surface area contributed by atoms with E-state index in [1.54, 1.807) is 24.3 Å². The first-order valence-electron chi connectivity index (χ1n) is 9.36. The molecule has 0 aliphatic carbocycles. The highest BCUT2D eigenvalue weighted by Crippen LogP contribution is 2.24. The summed E-state index contributed by atoms with van der Waals surface area (Å²) < 4.78 is 13.0.